The van der Waals surface area contributed by atoms with Crippen LogP contribution in [0.3, 0.4) is 0 Å². The van der Waals surface area contributed by atoms with E-state index in [9.17, 15) is 8.78 Å². The van der Waals surface area contributed by atoms with Crippen LogP contribution in [0.4, 0.5) is 31.8 Å². The first kappa shape index (κ1) is 18.4. The monoisotopic (exact) mass is 372 g/mol. The topological polar surface area (TPSA) is 68.3 Å². The van der Waals surface area contributed by atoms with Crippen LogP contribution < -0.4 is 20.1 Å². The van der Waals surface area contributed by atoms with E-state index in [1.807, 2.05) is 0 Å². The summed E-state index contributed by atoms with van der Waals surface area (Å²) in [5, 5.41) is 6.09. The Bertz CT molecular complexity index is 966. The number of nitrogens with one attached hydrogen (secondary N) is 2. The summed E-state index contributed by atoms with van der Waals surface area (Å²) < 4.78 is 37.0. The molecule has 8 heteroatoms. The number of benzene rings is 2. The van der Waals surface area contributed by atoms with Gasteiger partial charge in [0.05, 0.1) is 19.9 Å². The quantitative estimate of drug-likeness (QED) is 0.661. The Morgan fingerprint density at radius 2 is 1.56 bits per heavy atom. The van der Waals surface area contributed by atoms with E-state index in [0.29, 0.717) is 40.3 Å². The molecule has 2 N–H and O–H groups in total. The lowest BCUT2D eigenvalue weighted by molar-refractivity contribution is 0.395. The molecule has 0 saturated carbocycles. The van der Waals surface area contributed by atoms with Crippen molar-refractivity contribution in [1.29, 1.82) is 0 Å². The van der Waals surface area contributed by atoms with Crippen molar-refractivity contribution in [1.82, 2.24) is 9.97 Å². The standard InChI is InChI=1S/C19H18F2N4O2/c1-11-22-18(24-12-4-6-14(20)15(21)8-12)10-19(23-11)25-16-7-5-13(26-2)9-17(16)27-3/h4-10H,1-3H3,(H2,22,23,24,25). The van der Waals surface area contributed by atoms with Crippen LogP contribution in [0.15, 0.2) is 42.5 Å². The minimum Gasteiger partial charge on any atom is -0.497 e. The Labute approximate surface area is 155 Å². The Balaban J connectivity index is 1.86. The fraction of sp³-hybridized carbons (Fsp3) is 0.158. The number of ether oxygens (including phenoxy) is 2. The van der Waals surface area contributed by atoms with E-state index in [2.05, 4.69) is 20.6 Å². The normalized spacial score (nSPS) is 10.4. The summed E-state index contributed by atoms with van der Waals surface area (Å²) >= 11 is 0. The van der Waals surface area contributed by atoms with Gasteiger partial charge in [-0.1, -0.05) is 0 Å². The molecule has 3 rings (SSSR count). The lowest BCUT2D eigenvalue weighted by Gasteiger charge is -2.13. The van der Waals surface area contributed by atoms with Crippen molar-refractivity contribution < 1.29 is 18.3 Å². The Kier molecular flexibility index (Phi) is 5.35. The predicted octanol–water partition coefficient (Wildman–Crippen LogP) is 4.57. The molecule has 0 atom stereocenters. The molecule has 0 unspecified atom stereocenters. The second-order valence-electron chi connectivity index (χ2n) is 5.63. The predicted molar refractivity (Wildman–Crippen MR) is 99.2 cm³/mol. The van der Waals surface area contributed by atoms with E-state index in [4.69, 9.17) is 9.47 Å². The van der Waals surface area contributed by atoms with E-state index in [1.165, 1.54) is 6.07 Å². The van der Waals surface area contributed by atoms with Gasteiger partial charge in [-0.25, -0.2) is 18.7 Å². The van der Waals surface area contributed by atoms with Gasteiger partial charge in [0.15, 0.2) is 11.6 Å². The molecule has 0 bridgehead atoms. The maximum Gasteiger partial charge on any atom is 0.160 e. The molecule has 1 aromatic heterocycles. The number of aromatic nitrogens is 2. The first-order chi connectivity index (χ1) is 13.0. The number of nitrogens with zero attached hydrogens (tertiary/aromatic N) is 2. The molecule has 0 fully saturated rings. The van der Waals surface area contributed by atoms with Crippen LogP contribution in [-0.2, 0) is 0 Å². The Hall–Kier alpha value is -3.42. The molecule has 140 valence electrons. The highest BCUT2D eigenvalue weighted by molar-refractivity contribution is 5.68. The number of aryl methyl sites for hydroxylation is 1. The van der Waals surface area contributed by atoms with Crippen LogP contribution in [0.1, 0.15) is 5.82 Å². The third-order valence-corrected chi connectivity index (χ3v) is 3.70. The van der Waals surface area contributed by atoms with Crippen molar-refractivity contribution in [2.45, 2.75) is 6.92 Å². The maximum atomic E-state index is 13.4. The fourth-order valence-electron chi connectivity index (χ4n) is 2.46. The summed E-state index contributed by atoms with van der Waals surface area (Å²) in [6, 6.07) is 10.5. The van der Waals surface area contributed by atoms with Crippen LogP contribution in [0.25, 0.3) is 0 Å². The van der Waals surface area contributed by atoms with Gasteiger partial charge >= 0.3 is 0 Å². The second-order valence-corrected chi connectivity index (χ2v) is 5.63. The summed E-state index contributed by atoms with van der Waals surface area (Å²) in [5.41, 5.74) is 1.06. The van der Waals surface area contributed by atoms with Gasteiger partial charge in [-0.3, -0.25) is 0 Å². The van der Waals surface area contributed by atoms with E-state index in [-0.39, 0.29) is 0 Å². The SMILES string of the molecule is COc1ccc(Nc2cc(Nc3ccc(F)c(F)c3)nc(C)n2)c(OC)c1. The second kappa shape index (κ2) is 7.86. The molecule has 0 aliphatic carbocycles. The van der Waals surface area contributed by atoms with Crippen molar-refractivity contribution >= 4 is 23.0 Å². The smallest absolute Gasteiger partial charge is 0.160 e. The molecule has 3 aromatic rings. The zero-order chi connectivity index (χ0) is 19.4. The first-order valence-electron chi connectivity index (χ1n) is 8.05. The lowest BCUT2D eigenvalue weighted by atomic mass is 10.2. The first-order valence-corrected chi connectivity index (χ1v) is 8.05. The maximum absolute atomic E-state index is 13.4. The summed E-state index contributed by atoms with van der Waals surface area (Å²) in [5.74, 6) is 0.843. The average molecular weight is 372 g/mol. The van der Waals surface area contributed by atoms with Crippen molar-refractivity contribution in [2.75, 3.05) is 24.9 Å². The highest BCUT2D eigenvalue weighted by Gasteiger charge is 2.09. The molecule has 0 amide bonds. The fourth-order valence-corrected chi connectivity index (χ4v) is 2.46. The van der Waals surface area contributed by atoms with Gasteiger partial charge in [0.1, 0.15) is 29.0 Å². The molecule has 0 saturated heterocycles. The van der Waals surface area contributed by atoms with E-state index in [1.54, 1.807) is 45.4 Å². The number of anilines is 4. The number of hydrogen-bond acceptors (Lipinski definition) is 6. The van der Waals surface area contributed by atoms with Gasteiger partial charge in [-0.2, -0.15) is 0 Å². The minimum absolute atomic E-state index is 0.375. The summed E-state index contributed by atoms with van der Waals surface area (Å²) in [4.78, 5) is 8.60. The highest BCUT2D eigenvalue weighted by Crippen LogP contribution is 2.31. The molecule has 0 aliphatic heterocycles. The van der Waals surface area contributed by atoms with E-state index in [0.717, 1.165) is 12.1 Å². The molecule has 0 spiro atoms. The van der Waals surface area contributed by atoms with Crippen molar-refractivity contribution in [3.8, 4) is 11.5 Å². The molecule has 1 heterocycles. The van der Waals surface area contributed by atoms with Crippen LogP contribution in [0, 0.1) is 18.6 Å². The minimum atomic E-state index is -0.938. The van der Waals surface area contributed by atoms with Gasteiger partial charge in [0.2, 0.25) is 0 Å². The summed E-state index contributed by atoms with van der Waals surface area (Å²) in [6.07, 6.45) is 0. The highest BCUT2D eigenvalue weighted by atomic mass is 19.2. The van der Waals surface area contributed by atoms with Crippen molar-refractivity contribution in [3.63, 3.8) is 0 Å². The summed E-state index contributed by atoms with van der Waals surface area (Å²) in [6.45, 7) is 1.73. The molecule has 0 aliphatic rings. The zero-order valence-corrected chi connectivity index (χ0v) is 15.0. The molecule has 27 heavy (non-hydrogen) atoms. The lowest BCUT2D eigenvalue weighted by Crippen LogP contribution is -2.03. The molecular weight excluding hydrogens is 354 g/mol. The van der Waals surface area contributed by atoms with Crippen molar-refractivity contribution in [2.24, 2.45) is 0 Å². The van der Waals surface area contributed by atoms with Crippen LogP contribution >= 0.6 is 0 Å². The van der Waals surface area contributed by atoms with Crippen LogP contribution in [-0.4, -0.2) is 24.2 Å². The van der Waals surface area contributed by atoms with Gasteiger partial charge in [-0.15, -0.1) is 0 Å². The van der Waals surface area contributed by atoms with Gasteiger partial charge in [-0.05, 0) is 31.2 Å². The number of halogens is 2. The molecule has 0 radical (unpaired) electrons. The third kappa shape index (κ3) is 4.41. The summed E-state index contributed by atoms with van der Waals surface area (Å²) in [7, 11) is 3.13. The largest absolute Gasteiger partial charge is 0.497 e. The van der Waals surface area contributed by atoms with Gasteiger partial charge in [0.25, 0.3) is 0 Å². The van der Waals surface area contributed by atoms with E-state index < -0.39 is 11.6 Å². The van der Waals surface area contributed by atoms with E-state index >= 15 is 0 Å². The van der Waals surface area contributed by atoms with Crippen LogP contribution in [0.2, 0.25) is 0 Å². The molecule has 2 aromatic carbocycles. The molecular formula is C19H18F2N4O2. The third-order valence-electron chi connectivity index (χ3n) is 3.70. The number of methoxy groups -OCH3 is 2. The Morgan fingerprint density at radius 3 is 2.22 bits per heavy atom. The number of hydrogen-bond donors (Lipinski definition) is 2. The van der Waals surface area contributed by atoms with Crippen molar-refractivity contribution in [3.05, 3.63) is 59.9 Å². The molecule has 6 nitrogen and oxygen atoms in total. The van der Waals surface area contributed by atoms with Gasteiger partial charge < -0.3 is 20.1 Å². The Morgan fingerprint density at radius 1 is 0.815 bits per heavy atom. The average Bonchev–Trinajstić information content (AvgIpc) is 2.64. The number of rotatable bonds is 6. The van der Waals surface area contributed by atoms with Gasteiger partial charge in [0, 0.05) is 23.9 Å². The van der Waals surface area contributed by atoms with Crippen LogP contribution in [0.5, 0.6) is 11.5 Å². The zero-order valence-electron chi connectivity index (χ0n) is 15.0.